The Labute approximate surface area is 214 Å². The number of hydrogen-bond acceptors (Lipinski definition) is 3. The summed E-state index contributed by atoms with van der Waals surface area (Å²) in [4.78, 5) is 35.7. The van der Waals surface area contributed by atoms with Crippen LogP contribution in [0.5, 0.6) is 0 Å². The van der Waals surface area contributed by atoms with Crippen molar-refractivity contribution in [2.75, 3.05) is 32.1 Å². The summed E-state index contributed by atoms with van der Waals surface area (Å²) in [5.41, 5.74) is 2.97. The molecule has 6 heteroatoms. The highest BCUT2D eigenvalue weighted by molar-refractivity contribution is 5.96. The predicted octanol–water partition coefficient (Wildman–Crippen LogP) is 4.70. The minimum atomic E-state index is -0.212. The van der Waals surface area contributed by atoms with Gasteiger partial charge < -0.3 is 9.80 Å². The molecule has 2 aromatic carbocycles. The van der Waals surface area contributed by atoms with Crippen molar-refractivity contribution >= 4 is 17.6 Å². The van der Waals surface area contributed by atoms with Crippen LogP contribution in [-0.4, -0.2) is 71.9 Å². The number of amides is 3. The van der Waals surface area contributed by atoms with E-state index in [9.17, 15) is 9.59 Å². The molecule has 3 aliphatic rings. The van der Waals surface area contributed by atoms with E-state index < -0.39 is 0 Å². The Kier molecular flexibility index (Phi) is 7.23. The number of piperazine rings is 1. The molecule has 2 aromatic rings. The number of benzene rings is 2. The number of rotatable bonds is 6. The molecule has 1 aliphatic carbocycles. The highest BCUT2D eigenvalue weighted by Crippen LogP contribution is 2.33. The van der Waals surface area contributed by atoms with Gasteiger partial charge in [0.2, 0.25) is 5.91 Å². The molecule has 0 aromatic heterocycles. The first-order valence-corrected chi connectivity index (χ1v) is 13.1. The van der Waals surface area contributed by atoms with Gasteiger partial charge in [-0.1, -0.05) is 60.7 Å². The van der Waals surface area contributed by atoms with Crippen LogP contribution in [0, 0.1) is 0 Å². The lowest BCUT2D eigenvalue weighted by atomic mass is 10.0. The van der Waals surface area contributed by atoms with Gasteiger partial charge in [0.05, 0.1) is 11.7 Å². The number of carbonyl (C=O) groups is 2. The van der Waals surface area contributed by atoms with Gasteiger partial charge in [0.15, 0.2) is 0 Å². The molecule has 0 saturated carbocycles. The fourth-order valence-electron chi connectivity index (χ4n) is 5.77. The molecule has 3 unspecified atom stereocenters. The molecule has 2 aliphatic heterocycles. The number of fused-ring (bicyclic) bond motifs is 2. The van der Waals surface area contributed by atoms with Crippen molar-refractivity contribution in [2.24, 2.45) is 0 Å². The van der Waals surface area contributed by atoms with Gasteiger partial charge in [0.25, 0.3) is 0 Å². The maximum Gasteiger partial charge on any atom is 0.329 e. The lowest BCUT2D eigenvalue weighted by Crippen LogP contribution is -2.62. The zero-order chi connectivity index (χ0) is 25.1. The molecule has 36 heavy (non-hydrogen) atoms. The summed E-state index contributed by atoms with van der Waals surface area (Å²) in [5, 5.41) is 0. The SMILES string of the molecule is CN(C)C(Cc1ccccc1)C(=O)N1C2CCC1CN(C(=O)N(C1=CCCC=C1)c1ccccc1)C2. The minimum Gasteiger partial charge on any atom is -0.332 e. The minimum absolute atomic E-state index is 0.00329. The Bertz CT molecular complexity index is 1110. The van der Waals surface area contributed by atoms with Crippen molar-refractivity contribution in [1.29, 1.82) is 0 Å². The average molecular weight is 485 g/mol. The summed E-state index contributed by atoms with van der Waals surface area (Å²) in [6, 6.07) is 20.0. The zero-order valence-electron chi connectivity index (χ0n) is 21.3. The lowest BCUT2D eigenvalue weighted by molar-refractivity contribution is -0.141. The van der Waals surface area contributed by atoms with E-state index >= 15 is 0 Å². The van der Waals surface area contributed by atoms with Crippen LogP contribution >= 0.6 is 0 Å². The van der Waals surface area contributed by atoms with E-state index in [1.807, 2.05) is 83.4 Å². The van der Waals surface area contributed by atoms with Gasteiger partial charge in [-0.25, -0.2) is 4.79 Å². The van der Waals surface area contributed by atoms with Crippen molar-refractivity contribution in [2.45, 2.75) is 50.2 Å². The van der Waals surface area contributed by atoms with Crippen LogP contribution in [0.1, 0.15) is 31.2 Å². The van der Waals surface area contributed by atoms with E-state index in [0.717, 1.165) is 42.6 Å². The Balaban J connectivity index is 1.34. The number of likely N-dealkylation sites (N-methyl/N-ethyl adjacent to an activating group) is 1. The second kappa shape index (κ2) is 10.7. The van der Waals surface area contributed by atoms with Crippen LogP contribution in [-0.2, 0) is 11.2 Å². The van der Waals surface area contributed by atoms with Gasteiger partial charge in [0.1, 0.15) is 0 Å². The van der Waals surface area contributed by atoms with Crippen molar-refractivity contribution in [3.05, 3.63) is 90.2 Å². The molecule has 5 rings (SSSR count). The summed E-state index contributed by atoms with van der Waals surface area (Å²) in [5.74, 6) is 0.182. The third kappa shape index (κ3) is 4.96. The van der Waals surface area contributed by atoms with E-state index in [4.69, 9.17) is 0 Å². The molecule has 188 valence electrons. The molecular formula is C30H36N4O2. The molecule has 2 saturated heterocycles. The first kappa shape index (κ1) is 24.3. The molecule has 0 spiro atoms. The molecule has 2 heterocycles. The number of para-hydroxylation sites is 1. The van der Waals surface area contributed by atoms with Gasteiger partial charge in [-0.05, 0) is 70.0 Å². The molecule has 2 fully saturated rings. The second-order valence-corrected chi connectivity index (χ2v) is 10.3. The van der Waals surface area contributed by atoms with Gasteiger partial charge in [0, 0.05) is 30.9 Å². The normalized spacial score (nSPS) is 21.9. The molecule has 6 nitrogen and oxygen atoms in total. The summed E-state index contributed by atoms with van der Waals surface area (Å²) >= 11 is 0. The summed E-state index contributed by atoms with van der Waals surface area (Å²) in [7, 11) is 3.96. The van der Waals surface area contributed by atoms with Crippen LogP contribution in [0.2, 0.25) is 0 Å². The summed E-state index contributed by atoms with van der Waals surface area (Å²) < 4.78 is 0. The smallest absolute Gasteiger partial charge is 0.329 e. The van der Waals surface area contributed by atoms with Gasteiger partial charge in [-0.3, -0.25) is 14.6 Å². The Morgan fingerprint density at radius 1 is 0.917 bits per heavy atom. The van der Waals surface area contributed by atoms with Crippen molar-refractivity contribution in [1.82, 2.24) is 14.7 Å². The van der Waals surface area contributed by atoms with Crippen LogP contribution in [0.15, 0.2) is 84.6 Å². The number of anilines is 1. The average Bonchev–Trinajstić information content (AvgIpc) is 3.17. The van der Waals surface area contributed by atoms with Crippen LogP contribution < -0.4 is 4.90 Å². The van der Waals surface area contributed by atoms with Crippen molar-refractivity contribution in [3.8, 4) is 0 Å². The summed E-state index contributed by atoms with van der Waals surface area (Å²) in [6.07, 6.45) is 10.8. The van der Waals surface area contributed by atoms with E-state index in [-0.39, 0.29) is 30.1 Å². The fraction of sp³-hybridized carbons (Fsp3) is 0.400. The molecule has 0 radical (unpaired) electrons. The first-order chi connectivity index (χ1) is 17.5. The maximum atomic E-state index is 13.9. The van der Waals surface area contributed by atoms with Gasteiger partial charge in [-0.15, -0.1) is 0 Å². The monoisotopic (exact) mass is 484 g/mol. The third-order valence-corrected chi connectivity index (χ3v) is 7.63. The lowest BCUT2D eigenvalue weighted by Gasteiger charge is -2.44. The number of urea groups is 1. The van der Waals surface area contributed by atoms with Crippen LogP contribution in [0.25, 0.3) is 0 Å². The van der Waals surface area contributed by atoms with E-state index in [1.54, 1.807) is 0 Å². The largest absolute Gasteiger partial charge is 0.332 e. The molecule has 2 bridgehead atoms. The fourth-order valence-corrected chi connectivity index (χ4v) is 5.77. The molecular weight excluding hydrogens is 448 g/mol. The van der Waals surface area contributed by atoms with E-state index in [1.165, 1.54) is 0 Å². The van der Waals surface area contributed by atoms with Crippen molar-refractivity contribution < 1.29 is 9.59 Å². The molecule has 0 N–H and O–H groups in total. The van der Waals surface area contributed by atoms with Crippen LogP contribution in [0.3, 0.4) is 0 Å². The topological polar surface area (TPSA) is 47.1 Å². The predicted molar refractivity (Wildman–Crippen MR) is 144 cm³/mol. The summed E-state index contributed by atoms with van der Waals surface area (Å²) in [6.45, 7) is 1.15. The molecule has 3 atom stereocenters. The van der Waals surface area contributed by atoms with E-state index in [0.29, 0.717) is 19.5 Å². The highest BCUT2D eigenvalue weighted by atomic mass is 16.2. The number of likely N-dealkylation sites (tertiary alicyclic amines) is 1. The van der Waals surface area contributed by atoms with E-state index in [2.05, 4.69) is 29.2 Å². The Morgan fingerprint density at radius 3 is 2.14 bits per heavy atom. The Morgan fingerprint density at radius 2 is 1.56 bits per heavy atom. The zero-order valence-corrected chi connectivity index (χ0v) is 21.3. The number of allylic oxidation sites excluding steroid dienone is 3. The van der Waals surface area contributed by atoms with Gasteiger partial charge >= 0.3 is 6.03 Å². The highest BCUT2D eigenvalue weighted by Gasteiger charge is 2.46. The Hall–Kier alpha value is -3.38. The maximum absolute atomic E-state index is 13.9. The quantitative estimate of drug-likeness (QED) is 0.597. The molecule has 3 amide bonds. The number of hydrogen-bond donors (Lipinski definition) is 0. The first-order valence-electron chi connectivity index (χ1n) is 13.1. The standard InChI is InChI=1S/C30H36N4O2/c1-31(2)28(20-23-12-6-3-7-13-23)29(35)33-26-18-19-27(33)22-32(21-26)30(36)34(24-14-8-4-9-15-24)25-16-10-5-11-17-25/h3-4,6-10,12-17,26-28H,5,11,18-22H2,1-2H3. The van der Waals surface area contributed by atoms with Crippen LogP contribution in [0.4, 0.5) is 10.5 Å². The van der Waals surface area contributed by atoms with Gasteiger partial charge in [-0.2, -0.15) is 0 Å². The second-order valence-electron chi connectivity index (χ2n) is 10.3. The van der Waals surface area contributed by atoms with Crippen molar-refractivity contribution in [3.63, 3.8) is 0 Å². The third-order valence-electron chi connectivity index (χ3n) is 7.63. The number of nitrogens with zero attached hydrogens (tertiary/aromatic N) is 4. The number of carbonyl (C=O) groups excluding carboxylic acids is 2.